The van der Waals surface area contributed by atoms with Gasteiger partial charge in [-0.05, 0) is 49.9 Å². The molecular weight excluding hydrogens is 360 g/mol. The van der Waals surface area contributed by atoms with Crippen LogP contribution in [0.1, 0.15) is 31.1 Å². The number of piperidine rings is 1. The fourth-order valence-corrected chi connectivity index (χ4v) is 4.43. The summed E-state index contributed by atoms with van der Waals surface area (Å²) in [6.07, 6.45) is 3.60. The molecule has 0 radical (unpaired) electrons. The summed E-state index contributed by atoms with van der Waals surface area (Å²) < 4.78 is 11.4. The molecule has 3 heterocycles. The molecule has 0 aliphatic carbocycles. The molecule has 4 rings (SSSR count). The van der Waals surface area contributed by atoms with Crippen molar-refractivity contribution in [2.75, 3.05) is 31.2 Å². The minimum Gasteiger partial charge on any atom is -0.486 e. The highest BCUT2D eigenvalue weighted by Gasteiger charge is 2.25. The Morgan fingerprint density at radius 3 is 2.85 bits per heavy atom. The van der Waals surface area contributed by atoms with Gasteiger partial charge >= 0.3 is 0 Å². The summed E-state index contributed by atoms with van der Waals surface area (Å²) in [7, 11) is 0. The molecule has 1 amide bonds. The molecule has 5 nitrogen and oxygen atoms in total. The number of fused-ring (bicyclic) bond motifs is 1. The van der Waals surface area contributed by atoms with Gasteiger partial charge in [0.1, 0.15) is 13.2 Å². The van der Waals surface area contributed by atoms with E-state index in [2.05, 4.69) is 23.3 Å². The van der Waals surface area contributed by atoms with Gasteiger partial charge in [0.25, 0.3) is 0 Å². The van der Waals surface area contributed by atoms with Crippen molar-refractivity contribution in [2.45, 2.75) is 38.8 Å². The van der Waals surface area contributed by atoms with Crippen LogP contribution in [0.2, 0.25) is 0 Å². The molecule has 2 aromatic rings. The molecule has 0 N–H and O–H groups in total. The predicted molar refractivity (Wildman–Crippen MR) is 108 cm³/mol. The van der Waals surface area contributed by atoms with Gasteiger partial charge in [0.05, 0.1) is 13.1 Å². The third kappa shape index (κ3) is 4.28. The zero-order valence-electron chi connectivity index (χ0n) is 15.7. The SMILES string of the molecule is C[C@H]1CCCCN1CC(=O)N(Cc1cccs1)c1ccc2c(c1)OCCO2. The number of carbonyl (C=O) groups excluding carboxylic acids is 1. The van der Waals surface area contributed by atoms with Crippen molar-refractivity contribution in [1.29, 1.82) is 0 Å². The van der Waals surface area contributed by atoms with Crippen LogP contribution in [0.15, 0.2) is 35.7 Å². The minimum atomic E-state index is 0.133. The number of nitrogens with zero attached hydrogens (tertiary/aromatic N) is 2. The van der Waals surface area contributed by atoms with Crippen LogP contribution in [-0.4, -0.2) is 43.2 Å². The Labute approximate surface area is 164 Å². The second kappa shape index (κ2) is 8.31. The van der Waals surface area contributed by atoms with Crippen molar-refractivity contribution in [3.8, 4) is 11.5 Å². The number of likely N-dealkylation sites (tertiary alicyclic amines) is 1. The van der Waals surface area contributed by atoms with Gasteiger partial charge in [-0.15, -0.1) is 11.3 Å². The molecule has 6 heteroatoms. The van der Waals surface area contributed by atoms with Crippen LogP contribution in [0.5, 0.6) is 11.5 Å². The number of benzene rings is 1. The number of anilines is 1. The molecule has 1 aromatic heterocycles. The van der Waals surface area contributed by atoms with Crippen LogP contribution < -0.4 is 14.4 Å². The van der Waals surface area contributed by atoms with Crippen LogP contribution in [0.25, 0.3) is 0 Å². The van der Waals surface area contributed by atoms with E-state index in [0.717, 1.165) is 18.0 Å². The van der Waals surface area contributed by atoms with Crippen molar-refractivity contribution >= 4 is 22.9 Å². The molecular formula is C21H26N2O3S. The lowest BCUT2D eigenvalue weighted by molar-refractivity contribution is -0.120. The Morgan fingerprint density at radius 2 is 2.07 bits per heavy atom. The van der Waals surface area contributed by atoms with E-state index in [4.69, 9.17) is 9.47 Å². The average molecular weight is 387 g/mol. The molecule has 1 saturated heterocycles. The highest BCUT2D eigenvalue weighted by molar-refractivity contribution is 7.09. The Morgan fingerprint density at radius 1 is 1.22 bits per heavy atom. The van der Waals surface area contributed by atoms with E-state index in [-0.39, 0.29) is 5.91 Å². The number of thiophene rings is 1. The van der Waals surface area contributed by atoms with Crippen molar-refractivity contribution in [3.63, 3.8) is 0 Å². The summed E-state index contributed by atoms with van der Waals surface area (Å²) in [5.74, 6) is 1.60. The number of rotatable bonds is 5. The summed E-state index contributed by atoms with van der Waals surface area (Å²) in [4.78, 5) is 18.6. The van der Waals surface area contributed by atoms with Gasteiger partial charge in [-0.3, -0.25) is 9.69 Å². The Hall–Kier alpha value is -2.05. The summed E-state index contributed by atoms with van der Waals surface area (Å²) in [6, 6.07) is 10.4. The van der Waals surface area contributed by atoms with Crippen molar-refractivity contribution < 1.29 is 14.3 Å². The minimum absolute atomic E-state index is 0.133. The van der Waals surface area contributed by atoms with Crippen molar-refractivity contribution in [3.05, 3.63) is 40.6 Å². The van der Waals surface area contributed by atoms with Crippen molar-refractivity contribution in [1.82, 2.24) is 4.90 Å². The Bertz CT molecular complexity index is 778. The molecule has 27 heavy (non-hydrogen) atoms. The van der Waals surface area contributed by atoms with Crippen LogP contribution >= 0.6 is 11.3 Å². The standard InChI is InChI=1S/C21H26N2O3S/c1-16-5-2-3-9-22(16)15-21(24)23(14-18-6-4-12-27-18)17-7-8-19-20(13-17)26-11-10-25-19/h4,6-8,12-13,16H,2-3,5,9-11,14-15H2,1H3/t16-/m0/s1. The van der Waals surface area contributed by atoms with E-state index < -0.39 is 0 Å². The second-order valence-electron chi connectivity index (χ2n) is 7.20. The predicted octanol–water partition coefficient (Wildman–Crippen LogP) is 3.93. The van der Waals surface area contributed by atoms with Gasteiger partial charge in [0, 0.05) is 22.7 Å². The molecule has 0 saturated carbocycles. The number of hydrogen-bond donors (Lipinski definition) is 0. The molecule has 0 spiro atoms. The zero-order valence-corrected chi connectivity index (χ0v) is 16.5. The van der Waals surface area contributed by atoms with Crippen LogP contribution in [0.3, 0.4) is 0 Å². The highest BCUT2D eigenvalue weighted by atomic mass is 32.1. The summed E-state index contributed by atoms with van der Waals surface area (Å²) in [6.45, 7) is 5.37. The second-order valence-corrected chi connectivity index (χ2v) is 8.23. The summed E-state index contributed by atoms with van der Waals surface area (Å²) in [5.41, 5.74) is 0.863. The molecule has 1 atom stereocenters. The van der Waals surface area contributed by atoms with E-state index in [1.165, 1.54) is 24.1 Å². The first-order valence-electron chi connectivity index (χ1n) is 9.67. The van der Waals surface area contributed by atoms with Crippen LogP contribution in [0, 0.1) is 0 Å². The van der Waals surface area contributed by atoms with Gasteiger partial charge in [-0.1, -0.05) is 12.5 Å². The van der Waals surface area contributed by atoms with Gasteiger partial charge in [0.15, 0.2) is 11.5 Å². The maximum Gasteiger partial charge on any atom is 0.241 e. The fourth-order valence-electron chi connectivity index (χ4n) is 3.73. The Balaban J connectivity index is 1.57. The lowest BCUT2D eigenvalue weighted by atomic mass is 10.0. The first-order valence-corrected chi connectivity index (χ1v) is 10.5. The average Bonchev–Trinajstić information content (AvgIpc) is 3.21. The molecule has 0 unspecified atom stereocenters. The lowest BCUT2D eigenvalue weighted by Gasteiger charge is -2.34. The maximum absolute atomic E-state index is 13.3. The molecule has 2 aliphatic heterocycles. The van der Waals surface area contributed by atoms with E-state index in [1.54, 1.807) is 11.3 Å². The van der Waals surface area contributed by atoms with E-state index >= 15 is 0 Å². The third-order valence-corrected chi connectivity index (χ3v) is 6.17. The van der Waals surface area contributed by atoms with Crippen LogP contribution in [-0.2, 0) is 11.3 Å². The normalized spacial score (nSPS) is 19.7. The quantitative estimate of drug-likeness (QED) is 0.781. The van der Waals surface area contributed by atoms with Gasteiger partial charge < -0.3 is 14.4 Å². The smallest absolute Gasteiger partial charge is 0.241 e. The number of amides is 1. The fraction of sp³-hybridized carbons (Fsp3) is 0.476. The largest absolute Gasteiger partial charge is 0.486 e. The molecule has 2 aliphatic rings. The maximum atomic E-state index is 13.3. The monoisotopic (exact) mass is 386 g/mol. The molecule has 144 valence electrons. The number of hydrogen-bond acceptors (Lipinski definition) is 5. The first-order chi connectivity index (χ1) is 13.2. The first kappa shape index (κ1) is 18.3. The molecule has 0 bridgehead atoms. The van der Waals surface area contributed by atoms with Crippen LogP contribution in [0.4, 0.5) is 5.69 Å². The molecule has 1 fully saturated rings. The lowest BCUT2D eigenvalue weighted by Crippen LogP contribution is -2.45. The van der Waals surface area contributed by atoms with Gasteiger partial charge in [0.2, 0.25) is 5.91 Å². The zero-order chi connectivity index (χ0) is 18.6. The summed E-state index contributed by atoms with van der Waals surface area (Å²) in [5, 5.41) is 2.05. The Kier molecular flexibility index (Phi) is 5.64. The van der Waals surface area contributed by atoms with Crippen molar-refractivity contribution in [2.24, 2.45) is 0 Å². The van der Waals surface area contributed by atoms with Gasteiger partial charge in [-0.25, -0.2) is 0 Å². The number of carbonyl (C=O) groups is 1. The van der Waals surface area contributed by atoms with E-state index in [9.17, 15) is 4.79 Å². The third-order valence-electron chi connectivity index (χ3n) is 5.31. The van der Waals surface area contributed by atoms with E-state index in [1.807, 2.05) is 29.2 Å². The topological polar surface area (TPSA) is 42.0 Å². The summed E-state index contributed by atoms with van der Waals surface area (Å²) >= 11 is 1.68. The highest BCUT2D eigenvalue weighted by Crippen LogP contribution is 2.35. The number of ether oxygens (including phenoxy) is 2. The molecule has 1 aromatic carbocycles. The van der Waals surface area contributed by atoms with Gasteiger partial charge in [-0.2, -0.15) is 0 Å². The van der Waals surface area contributed by atoms with E-state index in [0.29, 0.717) is 38.1 Å².